The Labute approximate surface area is 273 Å². The van der Waals surface area contributed by atoms with E-state index in [-0.39, 0.29) is 28.4 Å². The minimum absolute atomic E-state index is 0.0223. The number of nitrogens with zero attached hydrogens (tertiary/aromatic N) is 1. The number of benzene rings is 2. The minimum Gasteiger partial charge on any atom is -0.490 e. The number of hydrogen-bond acceptors (Lipinski definition) is 6. The Morgan fingerprint density at radius 2 is 2.00 bits per heavy atom. The number of carbonyl (C=O) groups is 1. The van der Waals surface area contributed by atoms with E-state index in [9.17, 15) is 9.00 Å². The van der Waals surface area contributed by atoms with Crippen molar-refractivity contribution in [2.24, 2.45) is 17.8 Å². The minimum atomic E-state index is -2.93. The second-order valence-electron chi connectivity index (χ2n) is 13.8. The summed E-state index contributed by atoms with van der Waals surface area (Å²) in [6.45, 7) is 6.50. The molecule has 4 aliphatic rings. The summed E-state index contributed by atoms with van der Waals surface area (Å²) in [5.41, 5.74) is 3.13. The first kappa shape index (κ1) is 32.4. The van der Waals surface area contributed by atoms with Gasteiger partial charge >= 0.3 is 0 Å². The molecule has 1 unspecified atom stereocenters. The van der Waals surface area contributed by atoms with Gasteiger partial charge < -0.3 is 19.1 Å². The number of amides is 1. The quantitative estimate of drug-likeness (QED) is 0.313. The van der Waals surface area contributed by atoms with Gasteiger partial charge in [-0.1, -0.05) is 36.7 Å². The number of anilines is 1. The Balaban J connectivity index is 1.46. The van der Waals surface area contributed by atoms with Crippen LogP contribution in [0.5, 0.6) is 5.75 Å². The van der Waals surface area contributed by atoms with Gasteiger partial charge in [-0.2, -0.15) is 0 Å². The molecule has 2 aliphatic heterocycles. The summed E-state index contributed by atoms with van der Waals surface area (Å²) < 4.78 is 35.4. The summed E-state index contributed by atoms with van der Waals surface area (Å²) in [5.74, 6) is 5.01. The van der Waals surface area contributed by atoms with Crippen LogP contribution in [-0.2, 0) is 31.0 Å². The molecule has 1 N–H and O–H groups in total. The molecule has 9 heteroatoms. The highest BCUT2D eigenvalue weighted by Gasteiger charge is 2.49. The standard InChI is InChI=1S/C36H47ClN2O5S/c1-24-8-6-17-36(43-4,23-42-3)31-13-10-28(31)20-39-21-35(16-7-9-26-18-29(37)12-14-30(26)35)22-44-33-15-11-27(19-32(33)39)34(40)38-45(5,41)25(24)2/h6,11-12,14-15,17-19,24-25,28,31H,5,7-10,13,16,20-23H2,1-4H3,(H,38,40,41)/b17-6+/t24-,25+,28-,31+,35-,36-,45?/m0/s1. The molecule has 7 nitrogen and oxygen atoms in total. The Morgan fingerprint density at radius 1 is 1.18 bits per heavy atom. The fraction of sp³-hybridized carbons (Fsp3) is 0.556. The molecule has 2 aromatic rings. The SMILES string of the molecule is C=S1(=O)NC(=O)c2ccc3c(c2)N(C[C@@H]2CC[C@H]2[C@](COC)(OC)/C=C/C[C@H](C)[C@H]1C)C[C@@]1(CCCc2cc(Cl)ccc21)CO3. The first-order valence-corrected chi connectivity index (χ1v) is 18.4. The van der Waals surface area contributed by atoms with Crippen LogP contribution in [0.25, 0.3) is 0 Å². The molecule has 2 bridgehead atoms. The summed E-state index contributed by atoms with van der Waals surface area (Å²) in [5, 5.41) is 0.421. The van der Waals surface area contributed by atoms with Crippen LogP contribution in [0.4, 0.5) is 5.69 Å². The molecule has 0 aromatic heterocycles. The van der Waals surface area contributed by atoms with Crippen molar-refractivity contribution in [1.29, 1.82) is 0 Å². The summed E-state index contributed by atoms with van der Waals surface area (Å²) in [7, 11) is 0.574. The predicted molar refractivity (Wildman–Crippen MR) is 183 cm³/mol. The summed E-state index contributed by atoms with van der Waals surface area (Å²) in [6, 6.07) is 11.9. The van der Waals surface area contributed by atoms with Crippen molar-refractivity contribution in [2.45, 2.75) is 68.6 Å². The van der Waals surface area contributed by atoms with Gasteiger partial charge in [0.2, 0.25) is 0 Å². The molecule has 45 heavy (non-hydrogen) atoms. The van der Waals surface area contributed by atoms with Gasteiger partial charge in [0, 0.05) is 48.6 Å². The average Bonchev–Trinajstić information content (AvgIpc) is 3.15. The number of carbonyl (C=O) groups excluding carboxylic acids is 1. The average molecular weight is 655 g/mol. The molecular weight excluding hydrogens is 608 g/mol. The Kier molecular flexibility index (Phi) is 9.07. The Hall–Kier alpha value is -2.52. The number of nitrogens with one attached hydrogen (secondary N) is 1. The van der Waals surface area contributed by atoms with Crippen molar-refractivity contribution in [3.63, 3.8) is 0 Å². The zero-order chi connectivity index (χ0) is 32.0. The van der Waals surface area contributed by atoms with E-state index in [2.05, 4.69) is 46.7 Å². The van der Waals surface area contributed by atoms with E-state index >= 15 is 0 Å². The lowest BCUT2D eigenvalue weighted by atomic mass is 9.64. The molecule has 1 fully saturated rings. The smallest absolute Gasteiger partial charge is 0.262 e. The third-order valence-electron chi connectivity index (χ3n) is 11.1. The van der Waals surface area contributed by atoms with Crippen LogP contribution in [0.2, 0.25) is 5.02 Å². The molecule has 2 heterocycles. The van der Waals surface area contributed by atoms with E-state index in [0.717, 1.165) is 61.7 Å². The van der Waals surface area contributed by atoms with Gasteiger partial charge in [0.25, 0.3) is 5.91 Å². The number of rotatable bonds is 3. The van der Waals surface area contributed by atoms with Crippen molar-refractivity contribution in [2.75, 3.05) is 45.4 Å². The number of hydrogen-bond donors (Lipinski definition) is 1. The van der Waals surface area contributed by atoms with Crippen LogP contribution < -0.4 is 14.4 Å². The fourth-order valence-corrected chi connectivity index (χ4v) is 9.78. The molecule has 6 rings (SSSR count). The fourth-order valence-electron chi connectivity index (χ4n) is 8.11. The number of allylic oxidation sites excluding steroid dienone is 1. The summed E-state index contributed by atoms with van der Waals surface area (Å²) in [4.78, 5) is 16.1. The van der Waals surface area contributed by atoms with Gasteiger partial charge in [0.15, 0.2) is 0 Å². The van der Waals surface area contributed by atoms with Crippen molar-refractivity contribution in [1.82, 2.24) is 4.72 Å². The molecular formula is C36H47ClN2O5S. The molecule has 244 valence electrons. The predicted octanol–water partition coefficient (Wildman–Crippen LogP) is 6.22. The summed E-state index contributed by atoms with van der Waals surface area (Å²) >= 11 is 6.45. The lowest BCUT2D eigenvalue weighted by Gasteiger charge is -2.50. The first-order valence-electron chi connectivity index (χ1n) is 16.2. The van der Waals surface area contributed by atoms with Gasteiger partial charge in [-0.25, -0.2) is 4.21 Å². The van der Waals surface area contributed by atoms with Crippen LogP contribution in [0, 0.1) is 17.8 Å². The number of halogens is 1. The van der Waals surface area contributed by atoms with Crippen molar-refractivity contribution < 1.29 is 23.2 Å². The second kappa shape index (κ2) is 12.6. The molecule has 2 aliphatic carbocycles. The number of aryl methyl sites for hydroxylation is 1. The van der Waals surface area contributed by atoms with Crippen molar-refractivity contribution >= 4 is 38.8 Å². The molecule has 1 spiro atoms. The molecule has 1 saturated carbocycles. The normalized spacial score (nSPS) is 35.7. The Morgan fingerprint density at radius 3 is 2.73 bits per heavy atom. The topological polar surface area (TPSA) is 77.1 Å². The number of ether oxygens (including phenoxy) is 3. The van der Waals surface area contributed by atoms with E-state index < -0.39 is 15.3 Å². The monoisotopic (exact) mass is 654 g/mol. The van der Waals surface area contributed by atoms with Gasteiger partial charge in [0.05, 0.1) is 28.6 Å². The van der Waals surface area contributed by atoms with Gasteiger partial charge in [0.1, 0.15) is 11.4 Å². The highest BCUT2D eigenvalue weighted by molar-refractivity contribution is 7.99. The lowest BCUT2D eigenvalue weighted by molar-refractivity contribution is -0.110. The molecule has 1 amide bonds. The first-order chi connectivity index (χ1) is 21.5. The molecule has 2 aromatic carbocycles. The lowest BCUT2D eigenvalue weighted by Crippen LogP contribution is -2.54. The largest absolute Gasteiger partial charge is 0.490 e. The van der Waals surface area contributed by atoms with E-state index in [4.69, 9.17) is 25.8 Å². The van der Waals surface area contributed by atoms with E-state index in [1.807, 2.05) is 25.1 Å². The Bertz CT molecular complexity index is 1580. The van der Waals surface area contributed by atoms with Crippen LogP contribution in [0.15, 0.2) is 48.6 Å². The van der Waals surface area contributed by atoms with Gasteiger partial charge in [-0.3, -0.25) is 9.52 Å². The zero-order valence-electron chi connectivity index (χ0n) is 27.0. The highest BCUT2D eigenvalue weighted by atomic mass is 35.5. The zero-order valence-corrected chi connectivity index (χ0v) is 28.6. The van der Waals surface area contributed by atoms with Crippen LogP contribution in [-0.4, -0.2) is 67.4 Å². The maximum atomic E-state index is 13.8. The van der Waals surface area contributed by atoms with E-state index in [1.54, 1.807) is 20.3 Å². The maximum Gasteiger partial charge on any atom is 0.262 e. The third kappa shape index (κ3) is 6.04. The molecule has 7 atom stereocenters. The van der Waals surface area contributed by atoms with Crippen LogP contribution >= 0.6 is 11.6 Å². The molecule has 0 saturated heterocycles. The third-order valence-corrected chi connectivity index (χ3v) is 13.6. The van der Waals surface area contributed by atoms with Crippen molar-refractivity contribution in [3.05, 3.63) is 70.3 Å². The second-order valence-corrected chi connectivity index (χ2v) is 16.6. The maximum absolute atomic E-state index is 13.8. The van der Waals surface area contributed by atoms with Gasteiger partial charge in [-0.05, 0) is 111 Å². The van der Waals surface area contributed by atoms with E-state index in [0.29, 0.717) is 31.1 Å². The van der Waals surface area contributed by atoms with Gasteiger partial charge in [-0.15, -0.1) is 0 Å². The summed E-state index contributed by atoms with van der Waals surface area (Å²) in [6.07, 6.45) is 10.2. The number of fused-ring (bicyclic) bond motifs is 4. The van der Waals surface area contributed by atoms with Crippen LogP contribution in [0.1, 0.15) is 67.4 Å². The highest BCUT2D eigenvalue weighted by Crippen LogP contribution is 2.49. The van der Waals surface area contributed by atoms with Crippen molar-refractivity contribution in [3.8, 4) is 5.75 Å². The number of methoxy groups -OCH3 is 2. The molecule has 0 radical (unpaired) electrons. The van der Waals surface area contributed by atoms with E-state index in [1.165, 1.54) is 11.1 Å². The van der Waals surface area contributed by atoms with Crippen LogP contribution in [0.3, 0.4) is 0 Å².